The van der Waals surface area contributed by atoms with Crippen LogP contribution in [0.2, 0.25) is 0 Å². The summed E-state index contributed by atoms with van der Waals surface area (Å²) in [5, 5.41) is 0. The minimum absolute atomic E-state index is 0.333. The average Bonchev–Trinajstić information content (AvgIpc) is 2.31. The van der Waals surface area contributed by atoms with Gasteiger partial charge in [-0.05, 0) is 49.4 Å². The van der Waals surface area contributed by atoms with E-state index in [9.17, 15) is 0 Å². The van der Waals surface area contributed by atoms with Gasteiger partial charge in [-0.15, -0.1) is 0 Å². The van der Waals surface area contributed by atoms with Gasteiger partial charge in [-0.3, -0.25) is 4.90 Å². The maximum absolute atomic E-state index is 6.56. The summed E-state index contributed by atoms with van der Waals surface area (Å²) in [5.74, 6) is 2.37. The van der Waals surface area contributed by atoms with Gasteiger partial charge < -0.3 is 5.73 Å². The Morgan fingerprint density at radius 2 is 1.89 bits per heavy atom. The number of piperidine rings is 1. The number of likely N-dealkylation sites (tertiary alicyclic amines) is 1. The zero-order chi connectivity index (χ0) is 14.2. The summed E-state index contributed by atoms with van der Waals surface area (Å²) in [6.07, 6.45) is 5.38. The third-order valence-electron chi connectivity index (χ3n) is 6.00. The maximum Gasteiger partial charge on any atom is 0.0131 e. The van der Waals surface area contributed by atoms with Crippen LogP contribution in [0.3, 0.4) is 0 Å². The Labute approximate surface area is 120 Å². The van der Waals surface area contributed by atoms with Gasteiger partial charge in [-0.2, -0.15) is 0 Å². The van der Waals surface area contributed by atoms with Crippen molar-refractivity contribution in [2.75, 3.05) is 13.1 Å². The molecule has 1 aliphatic heterocycles. The van der Waals surface area contributed by atoms with Crippen molar-refractivity contribution in [2.24, 2.45) is 28.9 Å². The average molecular weight is 266 g/mol. The number of hydrogen-bond acceptors (Lipinski definition) is 2. The fourth-order valence-electron chi connectivity index (χ4n) is 4.38. The minimum atomic E-state index is 0.333. The van der Waals surface area contributed by atoms with E-state index < -0.39 is 0 Å². The van der Waals surface area contributed by atoms with Crippen LogP contribution in [0.15, 0.2) is 0 Å². The van der Waals surface area contributed by atoms with Crippen molar-refractivity contribution >= 4 is 0 Å². The second-order valence-corrected chi connectivity index (χ2v) is 8.18. The van der Waals surface area contributed by atoms with Crippen LogP contribution in [0.1, 0.15) is 60.3 Å². The Hall–Kier alpha value is -0.0800. The Kier molecular flexibility index (Phi) is 4.62. The van der Waals surface area contributed by atoms with Crippen LogP contribution in [0, 0.1) is 23.2 Å². The van der Waals surface area contributed by atoms with E-state index >= 15 is 0 Å². The molecule has 0 aromatic heterocycles. The van der Waals surface area contributed by atoms with Crippen LogP contribution in [-0.2, 0) is 0 Å². The van der Waals surface area contributed by atoms with Crippen molar-refractivity contribution in [3.8, 4) is 0 Å². The molecule has 1 aliphatic carbocycles. The number of hydrogen-bond donors (Lipinski definition) is 1. The molecule has 0 bridgehead atoms. The van der Waals surface area contributed by atoms with E-state index in [1.807, 2.05) is 0 Å². The van der Waals surface area contributed by atoms with Crippen molar-refractivity contribution in [3.63, 3.8) is 0 Å². The molecule has 5 unspecified atom stereocenters. The Morgan fingerprint density at radius 1 is 1.21 bits per heavy atom. The van der Waals surface area contributed by atoms with Crippen LogP contribution in [-0.4, -0.2) is 30.1 Å². The lowest BCUT2D eigenvalue weighted by Crippen LogP contribution is -2.54. The second-order valence-electron chi connectivity index (χ2n) is 8.18. The van der Waals surface area contributed by atoms with E-state index in [-0.39, 0.29) is 0 Å². The summed E-state index contributed by atoms with van der Waals surface area (Å²) in [6, 6.07) is 1.11. The van der Waals surface area contributed by atoms with Crippen molar-refractivity contribution in [2.45, 2.75) is 72.4 Å². The smallest absolute Gasteiger partial charge is 0.0131 e. The lowest BCUT2D eigenvalue weighted by molar-refractivity contribution is 0.0350. The van der Waals surface area contributed by atoms with Crippen LogP contribution in [0.25, 0.3) is 0 Å². The van der Waals surface area contributed by atoms with Crippen LogP contribution >= 0.6 is 0 Å². The van der Waals surface area contributed by atoms with Crippen molar-refractivity contribution < 1.29 is 0 Å². The first kappa shape index (κ1) is 15.3. The molecule has 2 aliphatic rings. The molecular formula is C17H34N2. The van der Waals surface area contributed by atoms with E-state index in [0.29, 0.717) is 17.4 Å². The molecule has 2 heteroatoms. The molecule has 0 amide bonds. The fraction of sp³-hybridized carbons (Fsp3) is 1.00. The number of rotatable bonds is 2. The Bertz CT molecular complexity index is 300. The van der Waals surface area contributed by atoms with Gasteiger partial charge in [0.1, 0.15) is 0 Å². The monoisotopic (exact) mass is 266 g/mol. The van der Waals surface area contributed by atoms with Crippen LogP contribution < -0.4 is 5.73 Å². The van der Waals surface area contributed by atoms with Crippen molar-refractivity contribution in [3.05, 3.63) is 0 Å². The molecule has 5 atom stereocenters. The largest absolute Gasteiger partial charge is 0.327 e. The van der Waals surface area contributed by atoms with Gasteiger partial charge in [-0.25, -0.2) is 0 Å². The lowest BCUT2D eigenvalue weighted by atomic mass is 9.68. The quantitative estimate of drug-likeness (QED) is 0.829. The van der Waals surface area contributed by atoms with Gasteiger partial charge in [0, 0.05) is 25.2 Å². The summed E-state index contributed by atoms with van der Waals surface area (Å²) in [5.41, 5.74) is 6.89. The molecule has 1 heterocycles. The molecule has 2 rings (SSSR count). The zero-order valence-electron chi connectivity index (χ0n) is 13.7. The highest BCUT2D eigenvalue weighted by atomic mass is 15.2. The first-order valence-electron chi connectivity index (χ1n) is 8.31. The predicted molar refractivity (Wildman–Crippen MR) is 83.1 cm³/mol. The number of nitrogens with zero attached hydrogens (tertiary/aromatic N) is 1. The summed E-state index contributed by atoms with van der Waals surface area (Å²) in [4.78, 5) is 2.73. The van der Waals surface area contributed by atoms with Crippen molar-refractivity contribution in [1.82, 2.24) is 4.90 Å². The van der Waals surface area contributed by atoms with E-state index in [1.165, 1.54) is 38.8 Å². The molecule has 0 aromatic rings. The predicted octanol–water partition coefficient (Wildman–Crippen LogP) is 3.51. The molecule has 0 aromatic carbocycles. The molecule has 0 radical (unpaired) electrons. The highest BCUT2D eigenvalue weighted by molar-refractivity contribution is 4.94. The molecular weight excluding hydrogens is 232 g/mol. The molecule has 2 fully saturated rings. The number of nitrogens with two attached hydrogens (primary N) is 1. The third kappa shape index (κ3) is 3.33. The van der Waals surface area contributed by atoms with E-state index in [1.54, 1.807) is 0 Å². The SMILES string of the molecule is CC1CC(C)C(C)N(CC2CCCC(C)(C)C2N)C1. The molecule has 2 N–H and O–H groups in total. The van der Waals surface area contributed by atoms with Gasteiger partial charge in [0.2, 0.25) is 0 Å². The molecule has 2 nitrogen and oxygen atoms in total. The highest BCUT2D eigenvalue weighted by Crippen LogP contribution is 2.39. The zero-order valence-corrected chi connectivity index (χ0v) is 13.7. The van der Waals surface area contributed by atoms with E-state index in [2.05, 4.69) is 39.5 Å². The van der Waals surface area contributed by atoms with E-state index in [0.717, 1.165) is 17.9 Å². The third-order valence-corrected chi connectivity index (χ3v) is 6.00. The molecule has 19 heavy (non-hydrogen) atoms. The normalized spacial score (nSPS) is 44.2. The summed E-state index contributed by atoms with van der Waals surface area (Å²) in [6.45, 7) is 14.4. The molecule has 0 spiro atoms. The first-order chi connectivity index (χ1) is 8.81. The fourth-order valence-corrected chi connectivity index (χ4v) is 4.38. The minimum Gasteiger partial charge on any atom is -0.327 e. The lowest BCUT2D eigenvalue weighted by Gasteiger charge is -2.47. The topological polar surface area (TPSA) is 29.3 Å². The first-order valence-corrected chi connectivity index (χ1v) is 8.31. The summed E-state index contributed by atoms with van der Waals surface area (Å²) >= 11 is 0. The van der Waals surface area contributed by atoms with Crippen LogP contribution in [0.4, 0.5) is 0 Å². The van der Waals surface area contributed by atoms with Crippen molar-refractivity contribution in [1.29, 1.82) is 0 Å². The maximum atomic E-state index is 6.56. The Morgan fingerprint density at radius 3 is 2.58 bits per heavy atom. The van der Waals surface area contributed by atoms with E-state index in [4.69, 9.17) is 5.73 Å². The standard InChI is InChI=1S/C17H34N2/c1-12-9-13(2)14(3)19(10-12)11-15-7-6-8-17(4,5)16(15)18/h12-16H,6-11,18H2,1-5H3. The molecule has 1 saturated heterocycles. The van der Waals surface area contributed by atoms with Gasteiger partial charge in [0.15, 0.2) is 0 Å². The summed E-state index contributed by atoms with van der Waals surface area (Å²) in [7, 11) is 0. The van der Waals surface area contributed by atoms with Gasteiger partial charge >= 0.3 is 0 Å². The molecule has 112 valence electrons. The van der Waals surface area contributed by atoms with Gasteiger partial charge in [0.05, 0.1) is 0 Å². The highest BCUT2D eigenvalue weighted by Gasteiger charge is 2.38. The van der Waals surface area contributed by atoms with Gasteiger partial charge in [0.25, 0.3) is 0 Å². The molecule has 1 saturated carbocycles. The van der Waals surface area contributed by atoms with Gasteiger partial charge in [-0.1, -0.05) is 34.1 Å². The summed E-state index contributed by atoms with van der Waals surface area (Å²) < 4.78 is 0. The second kappa shape index (κ2) is 5.73. The Balaban J connectivity index is 1.99. The van der Waals surface area contributed by atoms with Crippen LogP contribution in [0.5, 0.6) is 0 Å².